The number of ether oxygens (including phenoxy) is 1. The van der Waals surface area contributed by atoms with E-state index in [1.54, 1.807) is 61.7 Å². The average Bonchev–Trinajstić information content (AvgIpc) is 3.35. The van der Waals surface area contributed by atoms with E-state index in [1.165, 1.54) is 6.08 Å². The Morgan fingerprint density at radius 3 is 2.67 bits per heavy atom. The van der Waals surface area contributed by atoms with Crippen molar-refractivity contribution in [1.82, 2.24) is 4.90 Å². The predicted molar refractivity (Wildman–Crippen MR) is 131 cm³/mol. The van der Waals surface area contributed by atoms with Crippen LogP contribution in [0.4, 0.5) is 10.5 Å². The molecule has 1 aliphatic heterocycles. The van der Waals surface area contributed by atoms with E-state index >= 15 is 0 Å². The SMILES string of the molecule is COc1ccc(Cl)cc1-c1ccc(/C=C2/SC(=O)N(CC(=O)Nc3ccc(Br)cc3)C2=O)o1. The fraction of sp³-hybridized carbons (Fsp3) is 0.0870. The zero-order valence-electron chi connectivity index (χ0n) is 17.1. The van der Waals surface area contributed by atoms with Crippen LogP contribution in [0.3, 0.4) is 0 Å². The van der Waals surface area contributed by atoms with Gasteiger partial charge in [-0.1, -0.05) is 27.5 Å². The molecule has 0 aliphatic carbocycles. The quantitative estimate of drug-likeness (QED) is 0.378. The third-order valence-corrected chi connectivity index (χ3v) is 6.30. The number of furan rings is 1. The summed E-state index contributed by atoms with van der Waals surface area (Å²) in [5, 5.41) is 2.66. The smallest absolute Gasteiger partial charge is 0.294 e. The summed E-state index contributed by atoms with van der Waals surface area (Å²) in [5.41, 5.74) is 1.22. The number of rotatable bonds is 6. The van der Waals surface area contributed by atoms with Gasteiger partial charge >= 0.3 is 0 Å². The van der Waals surface area contributed by atoms with E-state index in [4.69, 9.17) is 20.8 Å². The minimum Gasteiger partial charge on any atom is -0.496 e. The van der Waals surface area contributed by atoms with Crippen LogP contribution in [-0.4, -0.2) is 35.6 Å². The molecule has 0 bridgehead atoms. The van der Waals surface area contributed by atoms with E-state index in [2.05, 4.69) is 21.2 Å². The van der Waals surface area contributed by atoms with Crippen molar-refractivity contribution in [3.05, 3.63) is 74.8 Å². The summed E-state index contributed by atoms with van der Waals surface area (Å²) < 4.78 is 12.0. The van der Waals surface area contributed by atoms with Gasteiger partial charge in [0.05, 0.1) is 17.6 Å². The third kappa shape index (κ3) is 5.32. The molecule has 168 valence electrons. The number of carbonyl (C=O) groups is 3. The molecule has 3 amide bonds. The predicted octanol–water partition coefficient (Wildman–Crippen LogP) is 6.05. The van der Waals surface area contributed by atoms with Crippen molar-refractivity contribution in [3.8, 4) is 17.1 Å². The molecule has 0 radical (unpaired) electrons. The minimum atomic E-state index is -0.561. The summed E-state index contributed by atoms with van der Waals surface area (Å²) in [6.45, 7) is -0.388. The molecular weight excluding hydrogens is 532 g/mol. The zero-order valence-corrected chi connectivity index (χ0v) is 20.3. The highest BCUT2D eigenvalue weighted by Crippen LogP contribution is 2.36. The van der Waals surface area contributed by atoms with Crippen molar-refractivity contribution in [1.29, 1.82) is 0 Å². The molecule has 1 saturated heterocycles. The second-order valence-corrected chi connectivity index (χ2v) is 9.21. The number of benzene rings is 2. The van der Waals surface area contributed by atoms with Gasteiger partial charge in [0.15, 0.2) is 0 Å². The Kier molecular flexibility index (Phi) is 6.92. The van der Waals surface area contributed by atoms with Crippen molar-refractivity contribution in [2.24, 2.45) is 0 Å². The Balaban J connectivity index is 1.47. The van der Waals surface area contributed by atoms with E-state index in [-0.39, 0.29) is 11.4 Å². The molecular formula is C23H16BrClN2O5S. The van der Waals surface area contributed by atoms with Gasteiger partial charge in [0, 0.05) is 21.3 Å². The molecule has 10 heteroatoms. The number of methoxy groups -OCH3 is 1. The van der Waals surface area contributed by atoms with Gasteiger partial charge in [-0.3, -0.25) is 19.3 Å². The first-order valence-electron chi connectivity index (χ1n) is 9.58. The second kappa shape index (κ2) is 9.86. The lowest BCUT2D eigenvalue weighted by atomic mass is 10.1. The largest absolute Gasteiger partial charge is 0.496 e. The molecule has 4 rings (SSSR count). The number of anilines is 1. The van der Waals surface area contributed by atoms with Crippen LogP contribution in [-0.2, 0) is 9.59 Å². The summed E-state index contributed by atoms with van der Waals surface area (Å²) in [6.07, 6.45) is 1.47. The first kappa shape index (κ1) is 23.2. The number of hydrogen-bond donors (Lipinski definition) is 1. The highest BCUT2D eigenvalue weighted by Gasteiger charge is 2.36. The molecule has 7 nitrogen and oxygen atoms in total. The lowest BCUT2D eigenvalue weighted by Gasteiger charge is -2.12. The van der Waals surface area contributed by atoms with Gasteiger partial charge < -0.3 is 14.5 Å². The number of amides is 3. The van der Waals surface area contributed by atoms with Gasteiger partial charge in [-0.05, 0) is 66.4 Å². The standard InChI is InChI=1S/C23H16BrClN2O5S/c1-31-18-8-4-14(25)10-17(18)19-9-7-16(32-19)11-20-22(29)27(23(30)33-20)12-21(28)26-15-5-2-13(24)3-6-15/h2-11H,12H2,1H3,(H,26,28)/b20-11+. The van der Waals surface area contributed by atoms with E-state index < -0.39 is 17.1 Å². The number of hydrogen-bond acceptors (Lipinski definition) is 6. The minimum absolute atomic E-state index is 0.162. The molecule has 1 aromatic heterocycles. The monoisotopic (exact) mass is 546 g/mol. The number of imide groups is 1. The lowest BCUT2D eigenvalue weighted by molar-refractivity contribution is -0.127. The summed E-state index contributed by atoms with van der Waals surface area (Å²) in [5.74, 6) is 0.409. The first-order chi connectivity index (χ1) is 15.8. The molecule has 1 fully saturated rings. The van der Waals surface area contributed by atoms with Crippen LogP contribution in [0.5, 0.6) is 5.75 Å². The van der Waals surface area contributed by atoms with Gasteiger partial charge in [0.2, 0.25) is 5.91 Å². The first-order valence-corrected chi connectivity index (χ1v) is 11.6. The molecule has 0 unspecified atom stereocenters. The molecule has 1 aliphatic rings. The molecule has 1 N–H and O–H groups in total. The molecule has 0 spiro atoms. The zero-order chi connectivity index (χ0) is 23.5. The van der Waals surface area contributed by atoms with Crippen LogP contribution in [0, 0.1) is 0 Å². The van der Waals surface area contributed by atoms with E-state index in [0.29, 0.717) is 33.5 Å². The number of thioether (sulfide) groups is 1. The fourth-order valence-electron chi connectivity index (χ4n) is 3.09. The number of nitrogens with one attached hydrogen (secondary N) is 1. The Hall–Kier alpha value is -3.01. The highest BCUT2D eigenvalue weighted by molar-refractivity contribution is 9.10. The summed E-state index contributed by atoms with van der Waals surface area (Å²) >= 11 is 10.2. The number of nitrogens with zero attached hydrogens (tertiary/aromatic N) is 1. The van der Waals surface area contributed by atoms with Crippen LogP contribution in [0.15, 0.2) is 68.4 Å². The van der Waals surface area contributed by atoms with Crippen molar-refractivity contribution >= 4 is 68.1 Å². The summed E-state index contributed by atoms with van der Waals surface area (Å²) in [4.78, 5) is 38.4. The molecule has 0 saturated carbocycles. The van der Waals surface area contributed by atoms with Gasteiger partial charge in [-0.15, -0.1) is 0 Å². The van der Waals surface area contributed by atoms with Gasteiger partial charge in [-0.2, -0.15) is 0 Å². The Morgan fingerprint density at radius 2 is 1.94 bits per heavy atom. The second-order valence-electron chi connectivity index (χ2n) is 6.87. The van der Waals surface area contributed by atoms with Crippen molar-refractivity contribution in [2.75, 3.05) is 19.0 Å². The molecule has 33 heavy (non-hydrogen) atoms. The van der Waals surface area contributed by atoms with Crippen molar-refractivity contribution in [2.45, 2.75) is 0 Å². The molecule has 2 aromatic carbocycles. The van der Waals surface area contributed by atoms with Gasteiger partial charge in [-0.25, -0.2) is 0 Å². The molecule has 2 heterocycles. The summed E-state index contributed by atoms with van der Waals surface area (Å²) in [7, 11) is 1.54. The normalized spacial score (nSPS) is 14.8. The van der Waals surface area contributed by atoms with Gasteiger partial charge in [0.25, 0.3) is 11.1 Å². The number of halogens is 2. The lowest BCUT2D eigenvalue weighted by Crippen LogP contribution is -2.36. The Bertz CT molecular complexity index is 1270. The maximum Gasteiger partial charge on any atom is 0.294 e. The third-order valence-electron chi connectivity index (χ3n) is 4.63. The van der Waals surface area contributed by atoms with Crippen molar-refractivity contribution < 1.29 is 23.5 Å². The molecule has 0 atom stereocenters. The van der Waals surface area contributed by atoms with Crippen LogP contribution < -0.4 is 10.1 Å². The number of carbonyl (C=O) groups excluding carboxylic acids is 3. The van der Waals surface area contributed by atoms with E-state index in [1.807, 2.05) is 0 Å². The van der Waals surface area contributed by atoms with Crippen LogP contribution in [0.1, 0.15) is 5.76 Å². The summed E-state index contributed by atoms with van der Waals surface area (Å²) in [6, 6.07) is 15.5. The van der Waals surface area contributed by atoms with Crippen molar-refractivity contribution in [3.63, 3.8) is 0 Å². The Morgan fingerprint density at radius 1 is 1.18 bits per heavy atom. The van der Waals surface area contributed by atoms with E-state index in [0.717, 1.165) is 21.1 Å². The topological polar surface area (TPSA) is 88.9 Å². The van der Waals surface area contributed by atoms with Gasteiger partial charge in [0.1, 0.15) is 23.8 Å². The maximum atomic E-state index is 12.7. The fourth-order valence-corrected chi connectivity index (χ4v) is 4.35. The van der Waals surface area contributed by atoms with Crippen LogP contribution >= 0.6 is 39.3 Å². The molecule has 3 aromatic rings. The Labute approximate surface area is 206 Å². The van der Waals surface area contributed by atoms with E-state index in [9.17, 15) is 14.4 Å². The maximum absolute atomic E-state index is 12.7. The average molecular weight is 548 g/mol. The highest BCUT2D eigenvalue weighted by atomic mass is 79.9. The van der Waals surface area contributed by atoms with Crippen LogP contribution in [0.25, 0.3) is 17.4 Å². The van der Waals surface area contributed by atoms with Crippen LogP contribution in [0.2, 0.25) is 5.02 Å².